The van der Waals surface area contributed by atoms with Crippen LogP contribution in [0.3, 0.4) is 0 Å². The molecule has 1 fully saturated rings. The highest BCUT2D eigenvalue weighted by Crippen LogP contribution is 2.50. The van der Waals surface area contributed by atoms with Crippen LogP contribution in [0.4, 0.5) is 41.6 Å². The fraction of sp³-hybridized carbons (Fsp3) is 0.562. The summed E-state index contributed by atoms with van der Waals surface area (Å²) in [5.41, 5.74) is 0.00657. The van der Waals surface area contributed by atoms with E-state index in [1.54, 1.807) is 4.90 Å². The molecule has 2 aliphatic carbocycles. The Bertz CT molecular complexity index is 1370. The predicted octanol–water partition coefficient (Wildman–Crippen LogP) is 8.84. The number of ether oxygens (including phenoxy) is 2. The number of carbonyl (C=O) groups is 2. The Morgan fingerprint density at radius 1 is 0.932 bits per heavy atom. The lowest BCUT2D eigenvalue weighted by Gasteiger charge is -2.44. The molecule has 44 heavy (non-hydrogen) atoms. The van der Waals surface area contributed by atoms with Gasteiger partial charge in [-0.1, -0.05) is 19.9 Å². The molecule has 1 saturated carbocycles. The molecule has 2 atom stereocenters. The maximum Gasteiger partial charge on any atom is 0.416 e. The Morgan fingerprint density at radius 3 is 2.05 bits per heavy atom. The molecule has 2 unspecified atom stereocenters. The number of carbonyl (C=O) groups excluding carboxylic acids is 2. The maximum atomic E-state index is 13.7. The first-order valence-corrected chi connectivity index (χ1v) is 15.0. The average Bonchev–Trinajstić information content (AvgIpc) is 3.72. The number of anilines is 1. The second kappa shape index (κ2) is 12.2. The number of fused-ring (bicyclic) bond motifs is 2. The van der Waals surface area contributed by atoms with Gasteiger partial charge in [0.15, 0.2) is 0 Å². The summed E-state index contributed by atoms with van der Waals surface area (Å²) in [6, 6.07) is 4.05. The molecule has 5 rings (SSSR count). The second-order valence-corrected chi connectivity index (χ2v) is 11.9. The van der Waals surface area contributed by atoms with Crippen LogP contribution >= 0.6 is 0 Å². The monoisotopic (exact) mass is 626 g/mol. The Kier molecular flexibility index (Phi) is 8.83. The minimum absolute atomic E-state index is 0.0671. The highest BCUT2D eigenvalue weighted by atomic mass is 19.4. The SMILES string of the molecule is CCC(CC)OC(=O)N1c2cc3c(cc2C(N(Cc2cc(C(F)(F)F)cc(C(F)(F)F)c2)C(=O)OC)CC1C1CC1)CCC3. The zero-order chi connectivity index (χ0) is 32.0. The minimum Gasteiger partial charge on any atom is -0.453 e. The summed E-state index contributed by atoms with van der Waals surface area (Å²) in [5, 5.41) is 0. The number of amides is 2. The molecule has 12 heteroatoms. The van der Waals surface area contributed by atoms with Crippen LogP contribution in [0, 0.1) is 5.92 Å². The molecule has 1 heterocycles. The Labute approximate surface area is 252 Å². The van der Waals surface area contributed by atoms with Crippen LogP contribution in [-0.4, -0.2) is 36.3 Å². The highest BCUT2D eigenvalue weighted by Gasteiger charge is 2.48. The van der Waals surface area contributed by atoms with Gasteiger partial charge in [-0.2, -0.15) is 26.3 Å². The number of alkyl halides is 6. The first-order chi connectivity index (χ1) is 20.7. The van der Waals surface area contributed by atoms with Gasteiger partial charge in [0.05, 0.1) is 30.0 Å². The van der Waals surface area contributed by atoms with Crippen molar-refractivity contribution in [2.75, 3.05) is 12.0 Å². The van der Waals surface area contributed by atoms with Gasteiger partial charge in [0.2, 0.25) is 0 Å². The lowest BCUT2D eigenvalue weighted by Crippen LogP contribution is -2.50. The van der Waals surface area contributed by atoms with Crippen LogP contribution in [0.2, 0.25) is 0 Å². The zero-order valence-corrected chi connectivity index (χ0v) is 24.9. The van der Waals surface area contributed by atoms with Crippen molar-refractivity contribution in [2.24, 2.45) is 5.92 Å². The summed E-state index contributed by atoms with van der Waals surface area (Å²) in [4.78, 5) is 29.9. The van der Waals surface area contributed by atoms with E-state index in [0.717, 1.165) is 50.3 Å². The lowest BCUT2D eigenvalue weighted by molar-refractivity contribution is -0.143. The summed E-state index contributed by atoms with van der Waals surface area (Å²) in [7, 11) is 1.12. The lowest BCUT2D eigenvalue weighted by atomic mass is 9.86. The van der Waals surface area contributed by atoms with Crippen molar-refractivity contribution in [1.82, 2.24) is 4.90 Å². The zero-order valence-electron chi connectivity index (χ0n) is 24.9. The molecule has 3 aliphatic rings. The molecule has 0 aromatic heterocycles. The standard InChI is InChI=1S/C32H36F6N2O4/c1-4-24(5-2)44-30(42)40-26(19-9-10-19)16-27(25-13-20-7-6-8-21(20)14-28(25)40)39(29(41)43-3)17-18-11-22(31(33,34)35)15-23(12-18)32(36,37)38/h11-15,19,24,26-27H,4-10,16-17H2,1-3H3. The smallest absolute Gasteiger partial charge is 0.416 e. The molecule has 0 spiro atoms. The number of halogens is 6. The van der Waals surface area contributed by atoms with Crippen molar-refractivity contribution in [3.05, 3.63) is 63.7 Å². The van der Waals surface area contributed by atoms with Gasteiger partial charge < -0.3 is 9.47 Å². The van der Waals surface area contributed by atoms with E-state index >= 15 is 0 Å². The van der Waals surface area contributed by atoms with Crippen LogP contribution in [0.15, 0.2) is 30.3 Å². The predicted molar refractivity (Wildman–Crippen MR) is 150 cm³/mol. The summed E-state index contributed by atoms with van der Waals surface area (Å²) in [5.74, 6) is 0.109. The van der Waals surface area contributed by atoms with Gasteiger partial charge in [-0.15, -0.1) is 0 Å². The molecule has 0 saturated heterocycles. The van der Waals surface area contributed by atoms with E-state index in [-0.39, 0.29) is 36.1 Å². The molecular weight excluding hydrogens is 590 g/mol. The van der Waals surface area contributed by atoms with Crippen LogP contribution in [0.5, 0.6) is 0 Å². The van der Waals surface area contributed by atoms with E-state index in [0.29, 0.717) is 36.2 Å². The summed E-state index contributed by atoms with van der Waals surface area (Å²) < 4.78 is 92.9. The van der Waals surface area contributed by atoms with Crippen molar-refractivity contribution in [2.45, 2.75) is 102 Å². The third-order valence-corrected chi connectivity index (χ3v) is 8.98. The van der Waals surface area contributed by atoms with Gasteiger partial charge >= 0.3 is 24.5 Å². The van der Waals surface area contributed by atoms with Crippen LogP contribution < -0.4 is 4.90 Å². The third kappa shape index (κ3) is 6.49. The second-order valence-electron chi connectivity index (χ2n) is 11.9. The fourth-order valence-electron chi connectivity index (χ4n) is 6.54. The molecular formula is C32H36F6N2O4. The number of hydrogen-bond donors (Lipinski definition) is 0. The number of nitrogens with zero attached hydrogens (tertiary/aromatic N) is 2. The minimum atomic E-state index is -5.03. The molecule has 2 aromatic carbocycles. The summed E-state index contributed by atoms with van der Waals surface area (Å²) >= 11 is 0. The van der Waals surface area contributed by atoms with E-state index in [1.807, 2.05) is 26.0 Å². The Hall–Kier alpha value is -3.44. The normalized spacial score (nSPS) is 19.9. The number of rotatable bonds is 7. The van der Waals surface area contributed by atoms with Crippen molar-refractivity contribution in [3.63, 3.8) is 0 Å². The Balaban J connectivity index is 1.61. The third-order valence-electron chi connectivity index (χ3n) is 8.98. The largest absolute Gasteiger partial charge is 0.453 e. The van der Waals surface area contributed by atoms with Gasteiger partial charge in [0.25, 0.3) is 0 Å². The van der Waals surface area contributed by atoms with Gasteiger partial charge in [0, 0.05) is 12.6 Å². The summed E-state index contributed by atoms with van der Waals surface area (Å²) in [6.07, 6.45) is -6.06. The fourth-order valence-corrected chi connectivity index (χ4v) is 6.54. The molecule has 6 nitrogen and oxygen atoms in total. The topological polar surface area (TPSA) is 59.1 Å². The first-order valence-electron chi connectivity index (χ1n) is 15.0. The van der Waals surface area contributed by atoms with E-state index < -0.39 is 48.3 Å². The quantitative estimate of drug-likeness (QED) is 0.288. The number of methoxy groups -OCH3 is 1. The van der Waals surface area contributed by atoms with E-state index in [1.165, 1.54) is 4.90 Å². The summed E-state index contributed by atoms with van der Waals surface area (Å²) in [6.45, 7) is 3.30. The van der Waals surface area contributed by atoms with Gasteiger partial charge in [0.1, 0.15) is 6.10 Å². The molecule has 0 bridgehead atoms. The van der Waals surface area contributed by atoms with Crippen molar-refractivity contribution < 1.29 is 45.4 Å². The highest BCUT2D eigenvalue weighted by molar-refractivity contribution is 5.91. The Morgan fingerprint density at radius 2 is 1.52 bits per heavy atom. The van der Waals surface area contributed by atoms with Gasteiger partial charge in [-0.05, 0) is 104 Å². The van der Waals surface area contributed by atoms with Crippen molar-refractivity contribution in [3.8, 4) is 0 Å². The molecule has 2 aromatic rings. The first kappa shape index (κ1) is 32.0. The number of benzene rings is 2. The van der Waals surface area contributed by atoms with Crippen LogP contribution in [0.25, 0.3) is 0 Å². The van der Waals surface area contributed by atoms with E-state index in [4.69, 9.17) is 9.47 Å². The van der Waals surface area contributed by atoms with Crippen LogP contribution in [0.1, 0.15) is 91.8 Å². The van der Waals surface area contributed by atoms with Crippen molar-refractivity contribution in [1.29, 1.82) is 0 Å². The molecule has 0 N–H and O–H groups in total. The van der Waals surface area contributed by atoms with Gasteiger partial charge in [-0.3, -0.25) is 9.80 Å². The maximum absolute atomic E-state index is 13.7. The van der Waals surface area contributed by atoms with E-state index in [2.05, 4.69) is 0 Å². The average molecular weight is 627 g/mol. The van der Waals surface area contributed by atoms with Crippen LogP contribution in [-0.2, 0) is 41.2 Å². The molecule has 1 aliphatic heterocycles. The molecule has 0 radical (unpaired) electrons. The van der Waals surface area contributed by atoms with E-state index in [9.17, 15) is 35.9 Å². The van der Waals surface area contributed by atoms with Crippen molar-refractivity contribution >= 4 is 17.9 Å². The van der Waals surface area contributed by atoms with Gasteiger partial charge in [-0.25, -0.2) is 9.59 Å². The molecule has 240 valence electrons. The number of aryl methyl sites for hydroxylation is 2. The number of hydrogen-bond acceptors (Lipinski definition) is 4. The molecule has 2 amide bonds.